The lowest BCUT2D eigenvalue weighted by Crippen LogP contribution is -2.35. The molecule has 0 saturated heterocycles. The highest BCUT2D eigenvalue weighted by Gasteiger charge is 2.21. The highest BCUT2D eigenvalue weighted by atomic mass is 16.5. The van der Waals surface area contributed by atoms with E-state index in [9.17, 15) is 4.79 Å². The molecule has 0 aliphatic carbocycles. The van der Waals surface area contributed by atoms with Crippen molar-refractivity contribution in [2.75, 3.05) is 13.2 Å². The van der Waals surface area contributed by atoms with Gasteiger partial charge in [-0.15, -0.1) is 0 Å². The van der Waals surface area contributed by atoms with Gasteiger partial charge in [-0.05, 0) is 38.0 Å². The van der Waals surface area contributed by atoms with Crippen LogP contribution in [0.5, 0.6) is 5.75 Å². The van der Waals surface area contributed by atoms with Gasteiger partial charge in [-0.2, -0.15) is 0 Å². The monoisotopic (exact) mass is 298 g/mol. The minimum Gasteiger partial charge on any atom is -0.493 e. The van der Waals surface area contributed by atoms with E-state index in [0.717, 1.165) is 29.1 Å². The van der Waals surface area contributed by atoms with Gasteiger partial charge >= 0.3 is 0 Å². The molecule has 116 valence electrons. The van der Waals surface area contributed by atoms with E-state index in [1.807, 2.05) is 49.7 Å². The number of aryl methyl sites for hydroxylation is 1. The second-order valence-electron chi connectivity index (χ2n) is 6.04. The van der Waals surface area contributed by atoms with Crippen LogP contribution < -0.4 is 10.1 Å². The number of rotatable bonds is 3. The van der Waals surface area contributed by atoms with E-state index < -0.39 is 0 Å². The van der Waals surface area contributed by atoms with Crippen LogP contribution in [0.15, 0.2) is 30.3 Å². The topological polar surface area (TPSA) is 43.3 Å². The number of carbonyl (C=O) groups is 1. The Kier molecular flexibility index (Phi) is 3.92. The third kappa shape index (κ3) is 2.73. The molecule has 2 aromatic rings. The highest BCUT2D eigenvalue weighted by molar-refractivity contribution is 5.95. The summed E-state index contributed by atoms with van der Waals surface area (Å²) in [5.74, 6) is 1.30. The first-order valence-corrected chi connectivity index (χ1v) is 7.68. The molecular formula is C18H22N2O2. The summed E-state index contributed by atoms with van der Waals surface area (Å²) in [5.41, 5.74) is 4.08. The number of amides is 1. The number of nitrogens with zero attached hydrogens (tertiary/aromatic N) is 1. The zero-order chi connectivity index (χ0) is 15.7. The summed E-state index contributed by atoms with van der Waals surface area (Å²) in [7, 11) is 1.98. The van der Waals surface area contributed by atoms with Crippen LogP contribution >= 0.6 is 0 Å². The van der Waals surface area contributed by atoms with E-state index in [4.69, 9.17) is 4.74 Å². The van der Waals surface area contributed by atoms with Crippen LogP contribution in [0, 0.1) is 19.8 Å². The van der Waals surface area contributed by atoms with Crippen LogP contribution in [-0.4, -0.2) is 23.6 Å². The normalized spacial score (nSPS) is 16.8. The van der Waals surface area contributed by atoms with Crippen LogP contribution in [0.1, 0.15) is 27.3 Å². The molecule has 0 spiro atoms. The molecule has 2 heterocycles. The van der Waals surface area contributed by atoms with Gasteiger partial charge in [0.05, 0.1) is 12.2 Å². The van der Waals surface area contributed by atoms with Gasteiger partial charge < -0.3 is 14.6 Å². The molecule has 0 radical (unpaired) electrons. The average molecular weight is 298 g/mol. The van der Waals surface area contributed by atoms with Gasteiger partial charge in [0, 0.05) is 30.9 Å². The predicted molar refractivity (Wildman–Crippen MR) is 86.4 cm³/mol. The van der Waals surface area contributed by atoms with Crippen molar-refractivity contribution in [1.82, 2.24) is 9.88 Å². The summed E-state index contributed by atoms with van der Waals surface area (Å²) >= 11 is 0. The minimum absolute atomic E-state index is 0.0000543. The second-order valence-corrected chi connectivity index (χ2v) is 6.04. The first-order valence-electron chi connectivity index (χ1n) is 7.68. The van der Waals surface area contributed by atoms with Crippen molar-refractivity contribution in [2.45, 2.75) is 20.3 Å². The number of hydrogen-bond donors (Lipinski definition) is 1. The summed E-state index contributed by atoms with van der Waals surface area (Å²) in [6.07, 6.45) is 0.948. The molecule has 22 heavy (non-hydrogen) atoms. The fraction of sp³-hybridized carbons (Fsp3) is 0.389. The maximum Gasteiger partial charge on any atom is 0.253 e. The summed E-state index contributed by atoms with van der Waals surface area (Å²) in [6.45, 7) is 5.28. The summed E-state index contributed by atoms with van der Waals surface area (Å²) in [5, 5.41) is 3.05. The van der Waals surface area contributed by atoms with E-state index in [1.165, 1.54) is 5.56 Å². The first kappa shape index (κ1) is 14.7. The standard InChI is InChI=1S/C18H22N2O2/c1-12-8-16(13(2)20(12)3)18(21)19-10-14-9-15-6-4-5-7-17(15)22-11-14/h4-8,14H,9-11H2,1-3H3,(H,19,21)/t14-/m1/s1. The largest absolute Gasteiger partial charge is 0.493 e. The smallest absolute Gasteiger partial charge is 0.253 e. The highest BCUT2D eigenvalue weighted by Crippen LogP contribution is 2.26. The molecule has 1 aromatic heterocycles. The fourth-order valence-corrected chi connectivity index (χ4v) is 2.94. The van der Waals surface area contributed by atoms with Crippen molar-refractivity contribution in [2.24, 2.45) is 13.0 Å². The molecule has 4 nitrogen and oxygen atoms in total. The molecule has 4 heteroatoms. The van der Waals surface area contributed by atoms with Crippen LogP contribution in [-0.2, 0) is 13.5 Å². The SMILES string of the molecule is Cc1cc(C(=O)NC[C@@H]2COc3ccccc3C2)c(C)n1C. The number of fused-ring (bicyclic) bond motifs is 1. The quantitative estimate of drug-likeness (QED) is 0.946. The molecule has 1 N–H and O–H groups in total. The third-order valence-electron chi connectivity index (χ3n) is 4.53. The number of ether oxygens (including phenoxy) is 1. The van der Waals surface area contributed by atoms with E-state index in [2.05, 4.69) is 11.4 Å². The van der Waals surface area contributed by atoms with E-state index in [1.54, 1.807) is 0 Å². The van der Waals surface area contributed by atoms with Crippen molar-refractivity contribution in [3.05, 3.63) is 52.8 Å². The molecule has 1 aliphatic rings. The predicted octanol–water partition coefficient (Wildman–Crippen LogP) is 2.62. The van der Waals surface area contributed by atoms with Crippen molar-refractivity contribution in [3.8, 4) is 5.75 Å². The second kappa shape index (κ2) is 5.87. The lowest BCUT2D eigenvalue weighted by molar-refractivity contribution is 0.0938. The molecule has 1 amide bonds. The maximum absolute atomic E-state index is 12.4. The molecule has 0 fully saturated rings. The lowest BCUT2D eigenvalue weighted by atomic mass is 9.96. The lowest BCUT2D eigenvalue weighted by Gasteiger charge is -2.25. The molecule has 0 bridgehead atoms. The maximum atomic E-state index is 12.4. The van der Waals surface area contributed by atoms with Crippen molar-refractivity contribution in [3.63, 3.8) is 0 Å². The summed E-state index contributed by atoms with van der Waals surface area (Å²) in [4.78, 5) is 12.4. The molecule has 0 saturated carbocycles. The van der Waals surface area contributed by atoms with E-state index >= 15 is 0 Å². The van der Waals surface area contributed by atoms with Crippen LogP contribution in [0.2, 0.25) is 0 Å². The van der Waals surface area contributed by atoms with Crippen molar-refractivity contribution < 1.29 is 9.53 Å². The van der Waals surface area contributed by atoms with Gasteiger partial charge in [-0.1, -0.05) is 18.2 Å². The molecule has 1 aromatic carbocycles. The molecule has 0 unspecified atom stereocenters. The van der Waals surface area contributed by atoms with Crippen LogP contribution in [0.3, 0.4) is 0 Å². The van der Waals surface area contributed by atoms with Crippen LogP contribution in [0.25, 0.3) is 0 Å². The number of aromatic nitrogens is 1. The Hall–Kier alpha value is -2.23. The Morgan fingerprint density at radius 1 is 1.36 bits per heavy atom. The Bertz CT molecular complexity index is 703. The van der Waals surface area contributed by atoms with Gasteiger partial charge in [-0.25, -0.2) is 0 Å². The number of para-hydroxylation sites is 1. The number of hydrogen-bond acceptors (Lipinski definition) is 2. The van der Waals surface area contributed by atoms with Gasteiger partial charge in [0.2, 0.25) is 0 Å². The van der Waals surface area contributed by atoms with E-state index in [0.29, 0.717) is 19.1 Å². The van der Waals surface area contributed by atoms with Gasteiger partial charge in [0.15, 0.2) is 0 Å². The number of benzene rings is 1. The Balaban J connectivity index is 1.61. The van der Waals surface area contributed by atoms with Crippen LogP contribution in [0.4, 0.5) is 0 Å². The number of carbonyl (C=O) groups excluding carboxylic acids is 1. The minimum atomic E-state index is 0.0000543. The molecule has 3 rings (SSSR count). The zero-order valence-corrected chi connectivity index (χ0v) is 13.3. The Labute approximate surface area is 131 Å². The molecule has 1 aliphatic heterocycles. The van der Waals surface area contributed by atoms with E-state index in [-0.39, 0.29) is 5.91 Å². The first-order chi connectivity index (χ1) is 10.6. The Morgan fingerprint density at radius 3 is 2.86 bits per heavy atom. The third-order valence-corrected chi connectivity index (χ3v) is 4.53. The fourth-order valence-electron chi connectivity index (χ4n) is 2.94. The van der Waals surface area contributed by atoms with Gasteiger partial charge in [0.25, 0.3) is 5.91 Å². The molecular weight excluding hydrogens is 276 g/mol. The average Bonchev–Trinajstić information content (AvgIpc) is 2.80. The number of nitrogens with one attached hydrogen (secondary N) is 1. The van der Waals surface area contributed by atoms with Crippen molar-refractivity contribution in [1.29, 1.82) is 0 Å². The van der Waals surface area contributed by atoms with Gasteiger partial charge in [-0.3, -0.25) is 4.79 Å². The van der Waals surface area contributed by atoms with Crippen molar-refractivity contribution >= 4 is 5.91 Å². The summed E-state index contributed by atoms with van der Waals surface area (Å²) in [6, 6.07) is 10.0. The molecule has 1 atom stereocenters. The summed E-state index contributed by atoms with van der Waals surface area (Å²) < 4.78 is 7.80. The Morgan fingerprint density at radius 2 is 2.14 bits per heavy atom. The zero-order valence-electron chi connectivity index (χ0n) is 13.3. The van der Waals surface area contributed by atoms with Gasteiger partial charge in [0.1, 0.15) is 5.75 Å².